The monoisotopic (exact) mass is 208 g/mol. The largest absolute Gasteiger partial charge is 0.478 e. The summed E-state index contributed by atoms with van der Waals surface area (Å²) in [5.41, 5.74) is 6.41. The number of aromatic nitrogens is 1. The molecule has 2 aromatic rings. The first-order valence-electron chi connectivity index (χ1n) is 4.04. The molecule has 3 N–H and O–H groups in total. The van der Waals surface area contributed by atoms with Gasteiger partial charge in [0.05, 0.1) is 16.0 Å². The molecule has 0 spiro atoms. The summed E-state index contributed by atoms with van der Waals surface area (Å²) in [6.45, 7) is 0.268. The van der Waals surface area contributed by atoms with E-state index < -0.39 is 5.97 Å². The van der Waals surface area contributed by atoms with Gasteiger partial charge in [-0.15, -0.1) is 0 Å². The van der Waals surface area contributed by atoms with E-state index >= 15 is 0 Å². The molecule has 14 heavy (non-hydrogen) atoms. The lowest BCUT2D eigenvalue weighted by Crippen LogP contribution is -2.01. The van der Waals surface area contributed by atoms with Crippen LogP contribution in [-0.4, -0.2) is 15.4 Å². The van der Waals surface area contributed by atoms with Crippen LogP contribution in [-0.2, 0) is 6.54 Å². The molecule has 0 unspecified atom stereocenters. The van der Waals surface area contributed by atoms with Gasteiger partial charge in [0, 0.05) is 11.9 Å². The van der Waals surface area contributed by atoms with Crippen LogP contribution in [0.5, 0.6) is 0 Å². The Balaban J connectivity index is 2.81. The third-order valence-electron chi connectivity index (χ3n) is 1.99. The second-order valence-corrected chi connectivity index (χ2v) is 3.62. The maximum atomic E-state index is 10.9. The van der Waals surface area contributed by atoms with Gasteiger partial charge in [0.1, 0.15) is 0 Å². The normalized spacial score (nSPS) is 10.6. The highest BCUT2D eigenvalue weighted by molar-refractivity contribution is 7.13. The summed E-state index contributed by atoms with van der Waals surface area (Å²) in [6.07, 6.45) is 0. The quantitative estimate of drug-likeness (QED) is 0.783. The van der Waals surface area contributed by atoms with Gasteiger partial charge in [0.15, 0.2) is 0 Å². The predicted molar refractivity (Wildman–Crippen MR) is 54.5 cm³/mol. The Bertz CT molecular complexity index is 493. The molecule has 5 heteroatoms. The van der Waals surface area contributed by atoms with Crippen LogP contribution in [0, 0.1) is 0 Å². The van der Waals surface area contributed by atoms with Gasteiger partial charge in [-0.25, -0.2) is 4.79 Å². The molecule has 72 valence electrons. The minimum Gasteiger partial charge on any atom is -0.478 e. The van der Waals surface area contributed by atoms with Crippen molar-refractivity contribution in [3.63, 3.8) is 0 Å². The molecule has 1 aromatic heterocycles. The summed E-state index contributed by atoms with van der Waals surface area (Å²) in [5, 5.41) is 9.63. The van der Waals surface area contributed by atoms with E-state index in [1.54, 1.807) is 12.1 Å². The van der Waals surface area contributed by atoms with Crippen molar-refractivity contribution in [1.82, 2.24) is 4.37 Å². The first-order chi connectivity index (χ1) is 6.74. The van der Waals surface area contributed by atoms with Crippen molar-refractivity contribution in [2.45, 2.75) is 6.54 Å². The van der Waals surface area contributed by atoms with Gasteiger partial charge in [-0.2, -0.15) is 4.37 Å². The standard InChI is InChI=1S/C9H8N2O2S/c10-4-6-8-5(9(12)13)2-1-3-7(8)14-11-6/h1-3H,4,10H2,(H,12,13). The maximum absolute atomic E-state index is 10.9. The van der Waals surface area contributed by atoms with Crippen molar-refractivity contribution < 1.29 is 9.90 Å². The van der Waals surface area contributed by atoms with Gasteiger partial charge in [0.25, 0.3) is 0 Å². The van der Waals surface area contributed by atoms with Crippen LogP contribution < -0.4 is 5.73 Å². The number of rotatable bonds is 2. The fourth-order valence-electron chi connectivity index (χ4n) is 1.37. The average Bonchev–Trinajstić information content (AvgIpc) is 2.59. The summed E-state index contributed by atoms with van der Waals surface area (Å²) >= 11 is 1.28. The summed E-state index contributed by atoms with van der Waals surface area (Å²) in [7, 11) is 0. The SMILES string of the molecule is NCc1nsc2cccc(C(=O)O)c12. The number of aromatic carboxylic acids is 1. The zero-order valence-electron chi connectivity index (χ0n) is 7.23. The Kier molecular flexibility index (Phi) is 2.18. The Hall–Kier alpha value is -1.46. The lowest BCUT2D eigenvalue weighted by atomic mass is 10.1. The third kappa shape index (κ3) is 1.26. The first-order valence-corrected chi connectivity index (χ1v) is 4.82. The molecule has 2 rings (SSSR count). The van der Waals surface area contributed by atoms with Crippen molar-refractivity contribution in [2.75, 3.05) is 0 Å². The minimum absolute atomic E-state index is 0.268. The molecule has 0 bridgehead atoms. The average molecular weight is 208 g/mol. The van der Waals surface area contributed by atoms with E-state index in [1.807, 2.05) is 6.07 Å². The molecule has 0 saturated heterocycles. The lowest BCUT2D eigenvalue weighted by molar-refractivity contribution is 0.0699. The molecule has 1 aromatic carbocycles. The number of benzene rings is 1. The van der Waals surface area contributed by atoms with Gasteiger partial charge in [-0.1, -0.05) is 6.07 Å². The molecule has 0 aliphatic rings. The summed E-state index contributed by atoms with van der Waals surface area (Å²) in [5.74, 6) is -0.939. The minimum atomic E-state index is -0.939. The predicted octanol–water partition coefficient (Wildman–Crippen LogP) is 1.45. The number of fused-ring (bicyclic) bond motifs is 1. The van der Waals surface area contributed by atoms with E-state index in [2.05, 4.69) is 4.37 Å². The van der Waals surface area contributed by atoms with Crippen LogP contribution in [0.2, 0.25) is 0 Å². The molecule has 0 amide bonds. The Morgan fingerprint density at radius 3 is 3.00 bits per heavy atom. The first kappa shape index (κ1) is 9.11. The summed E-state index contributed by atoms with van der Waals surface area (Å²) in [4.78, 5) is 10.9. The molecule has 0 aliphatic heterocycles. The second-order valence-electron chi connectivity index (χ2n) is 2.82. The van der Waals surface area contributed by atoms with Crippen LogP contribution in [0.25, 0.3) is 10.1 Å². The van der Waals surface area contributed by atoms with Gasteiger partial charge >= 0.3 is 5.97 Å². The number of carboxylic acids is 1. The molecule has 0 radical (unpaired) electrons. The molecular formula is C9H8N2O2S. The zero-order chi connectivity index (χ0) is 10.1. The molecule has 1 heterocycles. The molecule has 0 saturated carbocycles. The molecule has 0 fully saturated rings. The van der Waals surface area contributed by atoms with E-state index in [0.29, 0.717) is 11.1 Å². The van der Waals surface area contributed by atoms with E-state index in [9.17, 15) is 4.79 Å². The Morgan fingerprint density at radius 2 is 2.36 bits per heavy atom. The van der Waals surface area contributed by atoms with E-state index in [0.717, 1.165) is 4.70 Å². The maximum Gasteiger partial charge on any atom is 0.336 e. The van der Waals surface area contributed by atoms with Crippen LogP contribution >= 0.6 is 11.5 Å². The van der Waals surface area contributed by atoms with Crippen LogP contribution in [0.4, 0.5) is 0 Å². The smallest absolute Gasteiger partial charge is 0.336 e. The van der Waals surface area contributed by atoms with E-state index in [4.69, 9.17) is 10.8 Å². The number of nitrogens with zero attached hydrogens (tertiary/aromatic N) is 1. The number of hydrogen-bond acceptors (Lipinski definition) is 4. The fourth-order valence-corrected chi connectivity index (χ4v) is 2.21. The highest BCUT2D eigenvalue weighted by Crippen LogP contribution is 2.25. The molecule has 4 nitrogen and oxygen atoms in total. The zero-order valence-corrected chi connectivity index (χ0v) is 8.04. The summed E-state index contributed by atoms with van der Waals surface area (Å²) in [6, 6.07) is 5.13. The lowest BCUT2D eigenvalue weighted by Gasteiger charge is -1.97. The van der Waals surface area contributed by atoms with Gasteiger partial charge < -0.3 is 10.8 Å². The number of hydrogen-bond donors (Lipinski definition) is 2. The van der Waals surface area contributed by atoms with Gasteiger partial charge in [-0.3, -0.25) is 0 Å². The number of carbonyl (C=O) groups is 1. The van der Waals surface area contributed by atoms with E-state index in [1.165, 1.54) is 11.5 Å². The van der Waals surface area contributed by atoms with Crippen molar-refractivity contribution >= 4 is 27.6 Å². The van der Waals surface area contributed by atoms with Crippen molar-refractivity contribution in [2.24, 2.45) is 5.73 Å². The Labute approximate surface area is 84.1 Å². The second kappa shape index (κ2) is 3.36. The molecular weight excluding hydrogens is 200 g/mol. The van der Waals surface area contributed by atoms with Crippen molar-refractivity contribution in [3.8, 4) is 0 Å². The summed E-state index contributed by atoms with van der Waals surface area (Å²) < 4.78 is 4.98. The number of nitrogens with two attached hydrogens (primary N) is 1. The van der Waals surface area contributed by atoms with Gasteiger partial charge in [0.2, 0.25) is 0 Å². The Morgan fingerprint density at radius 1 is 1.57 bits per heavy atom. The van der Waals surface area contributed by atoms with Crippen LogP contribution in [0.1, 0.15) is 16.1 Å². The van der Waals surface area contributed by atoms with Crippen LogP contribution in [0.15, 0.2) is 18.2 Å². The third-order valence-corrected chi connectivity index (χ3v) is 2.84. The molecule has 0 aliphatic carbocycles. The fraction of sp³-hybridized carbons (Fsp3) is 0.111. The number of carboxylic acid groups (broad SMARTS) is 1. The molecule has 0 atom stereocenters. The highest BCUT2D eigenvalue weighted by Gasteiger charge is 2.13. The van der Waals surface area contributed by atoms with E-state index in [-0.39, 0.29) is 12.1 Å². The highest BCUT2D eigenvalue weighted by atomic mass is 32.1. The topological polar surface area (TPSA) is 76.2 Å². The van der Waals surface area contributed by atoms with Crippen molar-refractivity contribution in [1.29, 1.82) is 0 Å². The van der Waals surface area contributed by atoms with Crippen molar-refractivity contribution in [3.05, 3.63) is 29.5 Å². The van der Waals surface area contributed by atoms with Gasteiger partial charge in [-0.05, 0) is 23.7 Å². The van der Waals surface area contributed by atoms with Crippen LogP contribution in [0.3, 0.4) is 0 Å².